The normalized spacial score (nSPS) is 11.1. The third-order valence-corrected chi connectivity index (χ3v) is 7.00. The van der Waals surface area contributed by atoms with Gasteiger partial charge >= 0.3 is 0 Å². The molecule has 0 radical (unpaired) electrons. The molecular formula is C32H58O5. The molecule has 5 heteroatoms. The average Bonchev–Trinajstić information content (AvgIpc) is 2.90. The van der Waals surface area contributed by atoms with E-state index in [2.05, 4.69) is 20.8 Å². The maximum absolute atomic E-state index is 10.9. The lowest BCUT2D eigenvalue weighted by Crippen LogP contribution is -2.08. The van der Waals surface area contributed by atoms with E-state index in [0.717, 1.165) is 38.5 Å². The number of hydrogen-bond donors (Lipinski definition) is 2. The summed E-state index contributed by atoms with van der Waals surface area (Å²) >= 11 is 0. The highest BCUT2D eigenvalue weighted by Gasteiger charge is 2.27. The van der Waals surface area contributed by atoms with Crippen molar-refractivity contribution in [1.82, 2.24) is 0 Å². The fourth-order valence-corrected chi connectivity index (χ4v) is 4.62. The molecule has 0 saturated heterocycles. The molecule has 2 N–H and O–H groups in total. The predicted octanol–water partition coefficient (Wildman–Crippen LogP) is 9.88. The van der Waals surface area contributed by atoms with E-state index in [-0.39, 0.29) is 17.2 Å². The van der Waals surface area contributed by atoms with E-state index in [1.54, 1.807) is 0 Å². The Kier molecular flexibility index (Phi) is 20.0. The van der Waals surface area contributed by atoms with E-state index < -0.39 is 0 Å². The molecule has 5 nitrogen and oxygen atoms in total. The van der Waals surface area contributed by atoms with E-state index in [1.165, 1.54) is 77.0 Å². The highest BCUT2D eigenvalue weighted by atomic mass is 16.5. The van der Waals surface area contributed by atoms with Crippen molar-refractivity contribution in [2.75, 3.05) is 19.8 Å². The van der Waals surface area contributed by atoms with Crippen molar-refractivity contribution in [3.63, 3.8) is 0 Å². The van der Waals surface area contributed by atoms with Crippen LogP contribution in [0.2, 0.25) is 0 Å². The molecule has 0 heterocycles. The van der Waals surface area contributed by atoms with Crippen LogP contribution in [0.3, 0.4) is 0 Å². The van der Waals surface area contributed by atoms with Crippen molar-refractivity contribution in [3.05, 3.63) is 5.56 Å². The smallest absolute Gasteiger partial charge is 0.211 e. The zero-order valence-corrected chi connectivity index (χ0v) is 24.7. The molecule has 0 aromatic heterocycles. The molecule has 1 rings (SSSR count). The first-order chi connectivity index (χ1) is 18.1. The van der Waals surface area contributed by atoms with Gasteiger partial charge in [0.1, 0.15) is 0 Å². The topological polar surface area (TPSA) is 68.2 Å². The van der Waals surface area contributed by atoms with E-state index >= 15 is 0 Å². The van der Waals surface area contributed by atoms with Gasteiger partial charge in [-0.2, -0.15) is 0 Å². The molecule has 1 aromatic carbocycles. The van der Waals surface area contributed by atoms with Gasteiger partial charge in [0.05, 0.1) is 19.8 Å². The molecule has 0 unspecified atom stereocenters. The van der Waals surface area contributed by atoms with Crippen molar-refractivity contribution in [2.24, 2.45) is 0 Å². The van der Waals surface area contributed by atoms with Crippen molar-refractivity contribution < 1.29 is 24.4 Å². The van der Waals surface area contributed by atoms with Crippen LogP contribution in [-0.4, -0.2) is 30.0 Å². The van der Waals surface area contributed by atoms with E-state index in [9.17, 15) is 10.2 Å². The summed E-state index contributed by atoms with van der Waals surface area (Å²) in [5, 5.41) is 21.7. The molecule has 0 aliphatic carbocycles. The maximum atomic E-state index is 10.9. The Morgan fingerprint density at radius 3 is 1.16 bits per heavy atom. The largest absolute Gasteiger partial charge is 0.504 e. The van der Waals surface area contributed by atoms with E-state index in [0.29, 0.717) is 43.3 Å². The standard InChI is InChI=1S/C32H58O5/c1-5-9-12-15-18-21-24-35-30-27(8-4)28(33)29(34)31(36-25-22-19-16-13-10-6-2)32(30)37-26-23-20-17-14-11-7-3/h33-34H,5-26H2,1-4H3. The molecule has 0 aliphatic rings. The Morgan fingerprint density at radius 1 is 0.405 bits per heavy atom. The molecule has 0 atom stereocenters. The lowest BCUT2D eigenvalue weighted by molar-refractivity contribution is 0.223. The highest BCUT2D eigenvalue weighted by Crippen LogP contribution is 2.53. The number of aromatic hydroxyl groups is 2. The van der Waals surface area contributed by atoms with Gasteiger partial charge in [-0.1, -0.05) is 124 Å². The number of phenols is 2. The Balaban J connectivity index is 2.92. The second-order valence-corrected chi connectivity index (χ2v) is 10.4. The molecule has 0 bridgehead atoms. The minimum absolute atomic E-state index is 0.148. The van der Waals surface area contributed by atoms with Crippen LogP contribution in [-0.2, 0) is 6.42 Å². The SMILES string of the molecule is CCCCCCCCOc1c(O)c(O)c(CC)c(OCCCCCCCC)c1OCCCCCCCC. The number of phenolic OH excluding ortho intramolecular Hbond substituents is 2. The van der Waals surface area contributed by atoms with Crippen molar-refractivity contribution in [2.45, 2.75) is 150 Å². The zero-order chi connectivity index (χ0) is 27.1. The van der Waals surface area contributed by atoms with Crippen LogP contribution in [0.4, 0.5) is 0 Å². The Hall–Kier alpha value is -1.78. The quantitative estimate of drug-likeness (QED) is 0.0987. The Morgan fingerprint density at radius 2 is 0.757 bits per heavy atom. The second kappa shape index (κ2) is 22.2. The third kappa shape index (κ3) is 13.5. The first-order valence-corrected chi connectivity index (χ1v) is 15.6. The molecule has 0 spiro atoms. The number of ether oxygens (including phenoxy) is 3. The van der Waals surface area contributed by atoms with Gasteiger partial charge in [0.2, 0.25) is 17.2 Å². The number of rotatable bonds is 25. The molecule has 1 aromatic rings. The first kappa shape index (κ1) is 33.2. The summed E-state index contributed by atoms with van der Waals surface area (Å²) in [4.78, 5) is 0. The summed E-state index contributed by atoms with van der Waals surface area (Å²) < 4.78 is 18.6. The Bertz CT molecular complexity index is 688. The van der Waals surface area contributed by atoms with Crippen molar-refractivity contribution in [1.29, 1.82) is 0 Å². The van der Waals surface area contributed by atoms with Crippen LogP contribution in [0, 0.1) is 0 Å². The molecule has 37 heavy (non-hydrogen) atoms. The monoisotopic (exact) mass is 522 g/mol. The molecule has 0 aliphatic heterocycles. The number of benzene rings is 1. The molecular weight excluding hydrogens is 464 g/mol. The van der Waals surface area contributed by atoms with Gasteiger partial charge in [-0.25, -0.2) is 0 Å². The lowest BCUT2D eigenvalue weighted by Gasteiger charge is -2.22. The van der Waals surface area contributed by atoms with Gasteiger partial charge in [-0.3, -0.25) is 0 Å². The lowest BCUT2D eigenvalue weighted by atomic mass is 10.1. The van der Waals surface area contributed by atoms with E-state index in [4.69, 9.17) is 14.2 Å². The average molecular weight is 523 g/mol. The van der Waals surface area contributed by atoms with Crippen LogP contribution in [0.25, 0.3) is 0 Å². The van der Waals surface area contributed by atoms with Gasteiger partial charge in [-0.05, 0) is 25.7 Å². The summed E-state index contributed by atoms with van der Waals surface area (Å²) in [5.74, 6) is 0.846. The molecule has 0 amide bonds. The number of unbranched alkanes of at least 4 members (excludes halogenated alkanes) is 15. The van der Waals surface area contributed by atoms with Gasteiger partial charge in [0.25, 0.3) is 0 Å². The molecule has 216 valence electrons. The van der Waals surface area contributed by atoms with Crippen LogP contribution >= 0.6 is 0 Å². The maximum Gasteiger partial charge on any atom is 0.211 e. The van der Waals surface area contributed by atoms with Gasteiger partial charge < -0.3 is 24.4 Å². The summed E-state index contributed by atoms with van der Waals surface area (Å²) in [6.07, 6.45) is 21.6. The summed E-state index contributed by atoms with van der Waals surface area (Å²) in [5.41, 5.74) is 0.591. The third-order valence-electron chi connectivity index (χ3n) is 7.00. The van der Waals surface area contributed by atoms with Gasteiger partial charge in [-0.15, -0.1) is 0 Å². The van der Waals surface area contributed by atoms with Crippen LogP contribution in [0.1, 0.15) is 149 Å². The number of hydrogen-bond acceptors (Lipinski definition) is 5. The Labute approximate surface area is 228 Å². The fraction of sp³-hybridized carbons (Fsp3) is 0.812. The van der Waals surface area contributed by atoms with Crippen molar-refractivity contribution in [3.8, 4) is 28.7 Å². The summed E-state index contributed by atoms with van der Waals surface area (Å²) in [6.45, 7) is 10.2. The molecule has 0 fully saturated rings. The first-order valence-electron chi connectivity index (χ1n) is 15.6. The van der Waals surface area contributed by atoms with Crippen LogP contribution in [0.5, 0.6) is 28.7 Å². The van der Waals surface area contributed by atoms with Crippen LogP contribution in [0.15, 0.2) is 0 Å². The summed E-state index contributed by atoms with van der Waals surface area (Å²) in [7, 11) is 0. The van der Waals surface area contributed by atoms with Crippen LogP contribution < -0.4 is 14.2 Å². The minimum Gasteiger partial charge on any atom is -0.504 e. The fourth-order valence-electron chi connectivity index (χ4n) is 4.62. The highest BCUT2D eigenvalue weighted by molar-refractivity contribution is 5.69. The predicted molar refractivity (Wildman–Crippen MR) is 156 cm³/mol. The zero-order valence-electron chi connectivity index (χ0n) is 24.7. The van der Waals surface area contributed by atoms with Gasteiger partial charge in [0, 0.05) is 5.56 Å². The van der Waals surface area contributed by atoms with Crippen molar-refractivity contribution >= 4 is 0 Å². The van der Waals surface area contributed by atoms with Gasteiger partial charge in [0.15, 0.2) is 11.5 Å². The minimum atomic E-state index is -0.229. The molecule has 0 saturated carbocycles. The van der Waals surface area contributed by atoms with E-state index in [1.807, 2.05) is 6.92 Å². The summed E-state index contributed by atoms with van der Waals surface area (Å²) in [6, 6.07) is 0. The second-order valence-electron chi connectivity index (χ2n) is 10.4.